The zero-order valence-corrected chi connectivity index (χ0v) is 19.4. The quantitative estimate of drug-likeness (QED) is 0.550. The molecular formula is C23H34N2O4S. The third-order valence-electron chi connectivity index (χ3n) is 5.77. The number of thiophene rings is 1. The summed E-state index contributed by atoms with van der Waals surface area (Å²) >= 11 is 1.27. The van der Waals surface area contributed by atoms with E-state index in [4.69, 9.17) is 0 Å². The van der Waals surface area contributed by atoms with E-state index in [0.717, 1.165) is 30.6 Å². The minimum atomic E-state index is -0.992. The summed E-state index contributed by atoms with van der Waals surface area (Å²) in [5.41, 5.74) is 1.70. The van der Waals surface area contributed by atoms with Gasteiger partial charge in [-0.2, -0.15) is 0 Å². The van der Waals surface area contributed by atoms with E-state index < -0.39 is 5.97 Å². The van der Waals surface area contributed by atoms with Gasteiger partial charge >= 0.3 is 5.97 Å². The topological polar surface area (TPSA) is 77.9 Å². The monoisotopic (exact) mass is 434 g/mol. The number of hydrogen-bond donors (Lipinski definition) is 1. The maximum atomic E-state index is 12.7. The summed E-state index contributed by atoms with van der Waals surface area (Å²) in [6, 6.07) is 1.95. The molecule has 0 fully saturated rings. The standard InChI is InChI=1S/C23H34N2O4S/c1-5-20(26)24(4)16(3)11-10-14-25(21(27)6-2)18-15-19(30-22(18)23(28)29)17-12-8-7-9-13-17/h12,15-16H,5-11,13-14H2,1-4H3,(H,28,29). The molecule has 2 amide bonds. The molecule has 2 rings (SSSR count). The first kappa shape index (κ1) is 24.1. The van der Waals surface area contributed by atoms with Crippen molar-refractivity contribution in [3.05, 3.63) is 21.9 Å². The molecular weight excluding hydrogens is 400 g/mol. The fourth-order valence-corrected chi connectivity index (χ4v) is 4.83. The number of carbonyl (C=O) groups excluding carboxylic acids is 2. The van der Waals surface area contributed by atoms with E-state index in [0.29, 0.717) is 31.5 Å². The lowest BCUT2D eigenvalue weighted by Crippen LogP contribution is -2.36. The molecule has 1 unspecified atom stereocenters. The summed E-state index contributed by atoms with van der Waals surface area (Å²) in [6.07, 6.45) is 8.68. The molecule has 1 N–H and O–H groups in total. The van der Waals surface area contributed by atoms with Gasteiger partial charge in [-0.05, 0) is 57.1 Å². The molecule has 7 heteroatoms. The molecule has 30 heavy (non-hydrogen) atoms. The van der Waals surface area contributed by atoms with E-state index in [9.17, 15) is 19.5 Å². The molecule has 1 aliphatic carbocycles. The molecule has 0 spiro atoms. The van der Waals surface area contributed by atoms with Gasteiger partial charge in [0.2, 0.25) is 11.8 Å². The van der Waals surface area contributed by atoms with Crippen molar-refractivity contribution in [1.82, 2.24) is 4.90 Å². The van der Waals surface area contributed by atoms with E-state index in [2.05, 4.69) is 6.08 Å². The van der Waals surface area contributed by atoms with E-state index in [1.165, 1.54) is 23.3 Å². The van der Waals surface area contributed by atoms with Gasteiger partial charge in [0.15, 0.2) is 0 Å². The van der Waals surface area contributed by atoms with Crippen LogP contribution < -0.4 is 4.90 Å². The van der Waals surface area contributed by atoms with Crippen molar-refractivity contribution in [2.45, 2.75) is 78.2 Å². The summed E-state index contributed by atoms with van der Waals surface area (Å²) in [5, 5.41) is 9.76. The van der Waals surface area contributed by atoms with E-state index >= 15 is 0 Å². The Bertz CT molecular complexity index is 799. The molecule has 0 saturated heterocycles. The minimum absolute atomic E-state index is 0.0698. The number of carboxylic acids is 1. The second-order valence-electron chi connectivity index (χ2n) is 7.85. The number of anilines is 1. The predicted molar refractivity (Wildman–Crippen MR) is 122 cm³/mol. The summed E-state index contributed by atoms with van der Waals surface area (Å²) in [6.45, 7) is 6.08. The van der Waals surface area contributed by atoms with Crippen LogP contribution in [0.1, 0.15) is 86.7 Å². The lowest BCUT2D eigenvalue weighted by molar-refractivity contribution is -0.131. The van der Waals surface area contributed by atoms with Crippen molar-refractivity contribution in [1.29, 1.82) is 0 Å². The number of carboxylic acid groups (broad SMARTS) is 1. The van der Waals surface area contributed by atoms with Gasteiger partial charge in [0.05, 0.1) is 5.69 Å². The summed E-state index contributed by atoms with van der Waals surface area (Å²) in [7, 11) is 1.80. The van der Waals surface area contributed by atoms with Crippen molar-refractivity contribution in [3.8, 4) is 0 Å². The Kier molecular flexibility index (Phi) is 9.08. The van der Waals surface area contributed by atoms with E-state index in [-0.39, 0.29) is 22.7 Å². The molecule has 1 heterocycles. The minimum Gasteiger partial charge on any atom is -0.477 e. The van der Waals surface area contributed by atoms with Crippen molar-refractivity contribution in [2.24, 2.45) is 0 Å². The van der Waals surface area contributed by atoms with Gasteiger partial charge in [0, 0.05) is 37.4 Å². The molecule has 0 bridgehead atoms. The van der Waals surface area contributed by atoms with Gasteiger partial charge in [-0.15, -0.1) is 11.3 Å². The van der Waals surface area contributed by atoms with E-state index in [1.807, 2.05) is 19.9 Å². The third kappa shape index (κ3) is 5.94. The van der Waals surface area contributed by atoms with Crippen molar-refractivity contribution < 1.29 is 19.5 Å². The molecule has 0 aromatic carbocycles. The maximum absolute atomic E-state index is 12.7. The Labute approximate surface area is 183 Å². The first-order chi connectivity index (χ1) is 14.3. The first-order valence-electron chi connectivity index (χ1n) is 10.9. The molecule has 0 radical (unpaired) electrons. The molecule has 6 nitrogen and oxygen atoms in total. The molecule has 0 aliphatic heterocycles. The largest absolute Gasteiger partial charge is 0.477 e. The van der Waals surface area contributed by atoms with Crippen LogP contribution in [0.2, 0.25) is 0 Å². The van der Waals surface area contributed by atoms with Crippen LogP contribution in [-0.4, -0.2) is 47.4 Å². The Morgan fingerprint density at radius 1 is 1.17 bits per heavy atom. The maximum Gasteiger partial charge on any atom is 0.348 e. The highest BCUT2D eigenvalue weighted by atomic mass is 32.1. The number of nitrogens with zero attached hydrogens (tertiary/aromatic N) is 2. The highest BCUT2D eigenvalue weighted by molar-refractivity contribution is 7.15. The molecule has 1 aromatic heterocycles. The first-order valence-corrected chi connectivity index (χ1v) is 11.7. The second-order valence-corrected chi connectivity index (χ2v) is 8.91. The van der Waals surface area contributed by atoms with Gasteiger partial charge in [0.25, 0.3) is 0 Å². The number of rotatable bonds is 10. The summed E-state index contributed by atoms with van der Waals surface area (Å²) in [5.74, 6) is -0.973. The average Bonchev–Trinajstić information content (AvgIpc) is 3.21. The number of amides is 2. The van der Waals surface area contributed by atoms with Gasteiger partial charge in [-0.3, -0.25) is 9.59 Å². The Hall–Kier alpha value is -2.15. The smallest absolute Gasteiger partial charge is 0.348 e. The molecule has 1 atom stereocenters. The predicted octanol–water partition coefficient (Wildman–Crippen LogP) is 5.18. The van der Waals surface area contributed by atoms with Gasteiger partial charge in [-0.1, -0.05) is 19.9 Å². The van der Waals surface area contributed by atoms with Crippen LogP contribution in [0.25, 0.3) is 5.57 Å². The Balaban J connectivity index is 2.21. The summed E-state index contributed by atoms with van der Waals surface area (Å²) < 4.78 is 0. The van der Waals surface area contributed by atoms with Crippen LogP contribution >= 0.6 is 11.3 Å². The number of carbonyl (C=O) groups is 3. The van der Waals surface area contributed by atoms with Crippen molar-refractivity contribution >= 4 is 40.4 Å². The average molecular weight is 435 g/mol. The number of aromatic carboxylic acids is 1. The highest BCUT2D eigenvalue weighted by Crippen LogP contribution is 2.38. The number of hydrogen-bond acceptors (Lipinski definition) is 4. The molecule has 0 saturated carbocycles. The zero-order valence-electron chi connectivity index (χ0n) is 18.6. The van der Waals surface area contributed by atoms with Crippen LogP contribution in [0.5, 0.6) is 0 Å². The Morgan fingerprint density at radius 3 is 2.43 bits per heavy atom. The molecule has 166 valence electrons. The van der Waals surface area contributed by atoms with Crippen LogP contribution in [0.4, 0.5) is 5.69 Å². The molecule has 1 aromatic rings. The second kappa shape index (κ2) is 11.3. The fourth-order valence-electron chi connectivity index (χ4n) is 3.76. The zero-order chi connectivity index (χ0) is 22.3. The summed E-state index contributed by atoms with van der Waals surface area (Å²) in [4.78, 5) is 41.1. The highest BCUT2D eigenvalue weighted by Gasteiger charge is 2.25. The van der Waals surface area contributed by atoms with Crippen LogP contribution in [0.3, 0.4) is 0 Å². The third-order valence-corrected chi connectivity index (χ3v) is 6.96. The van der Waals surface area contributed by atoms with Gasteiger partial charge in [-0.25, -0.2) is 4.79 Å². The van der Waals surface area contributed by atoms with Crippen molar-refractivity contribution in [3.63, 3.8) is 0 Å². The fraction of sp³-hybridized carbons (Fsp3) is 0.609. The Morgan fingerprint density at radius 2 is 1.87 bits per heavy atom. The lowest BCUT2D eigenvalue weighted by atomic mass is 9.98. The van der Waals surface area contributed by atoms with E-state index in [1.54, 1.807) is 23.8 Å². The normalized spacial score (nSPS) is 14.7. The van der Waals surface area contributed by atoms with Crippen LogP contribution in [-0.2, 0) is 9.59 Å². The lowest BCUT2D eigenvalue weighted by Gasteiger charge is -2.27. The van der Waals surface area contributed by atoms with Gasteiger partial charge < -0.3 is 14.9 Å². The SMILES string of the molecule is CCC(=O)N(CCCC(C)N(C)C(=O)CC)c1cc(C2=CCCCC2)sc1C(=O)O. The molecule has 1 aliphatic rings. The van der Waals surface area contributed by atoms with Crippen molar-refractivity contribution in [2.75, 3.05) is 18.5 Å². The van der Waals surface area contributed by atoms with Crippen LogP contribution in [0, 0.1) is 0 Å². The van der Waals surface area contributed by atoms with Gasteiger partial charge in [0.1, 0.15) is 4.88 Å². The number of allylic oxidation sites excluding steroid dienone is 2. The van der Waals surface area contributed by atoms with Crippen LogP contribution in [0.15, 0.2) is 12.1 Å².